The fourth-order valence-corrected chi connectivity index (χ4v) is 3.09. The third kappa shape index (κ3) is 4.36. The lowest BCUT2D eigenvalue weighted by molar-refractivity contribution is 0.283. The molecule has 0 spiro atoms. The smallest absolute Gasteiger partial charge is 0.212 e. The van der Waals surface area contributed by atoms with Crippen LogP contribution in [0.5, 0.6) is 5.88 Å². The summed E-state index contributed by atoms with van der Waals surface area (Å²) in [6, 6.07) is 3.88. The molecule has 1 aliphatic rings. The average Bonchev–Trinajstić information content (AvgIpc) is 3.05. The van der Waals surface area contributed by atoms with Crippen LogP contribution < -0.4 is 15.4 Å². The highest BCUT2D eigenvalue weighted by Gasteiger charge is 2.31. The molecule has 22 heavy (non-hydrogen) atoms. The van der Waals surface area contributed by atoms with Crippen LogP contribution in [0.15, 0.2) is 23.3 Å². The minimum absolute atomic E-state index is 0.458. The normalized spacial score (nSPS) is 17.3. The summed E-state index contributed by atoms with van der Waals surface area (Å²) < 4.78 is 5.07. The maximum absolute atomic E-state index is 5.07. The monoisotopic (exact) mass is 304 g/mol. The molecule has 0 saturated heterocycles. The second kappa shape index (κ2) is 8.01. The third-order valence-electron chi connectivity index (χ3n) is 4.74. The summed E-state index contributed by atoms with van der Waals surface area (Å²) in [5.41, 5.74) is 1.56. The zero-order valence-electron chi connectivity index (χ0n) is 14.0. The minimum atomic E-state index is 0.458. The molecule has 0 aromatic carbocycles. The molecule has 1 heterocycles. The van der Waals surface area contributed by atoms with E-state index in [2.05, 4.69) is 27.5 Å². The molecular weight excluding hydrogens is 276 g/mol. The molecule has 2 N–H and O–H groups in total. The van der Waals surface area contributed by atoms with Crippen LogP contribution in [0, 0.1) is 5.41 Å². The van der Waals surface area contributed by atoms with Gasteiger partial charge in [-0.2, -0.15) is 0 Å². The van der Waals surface area contributed by atoms with Crippen molar-refractivity contribution in [2.24, 2.45) is 10.4 Å². The molecule has 1 saturated carbocycles. The fraction of sp³-hybridized carbons (Fsp3) is 0.647. The first-order valence-corrected chi connectivity index (χ1v) is 8.15. The van der Waals surface area contributed by atoms with E-state index >= 15 is 0 Å². The number of ether oxygens (including phenoxy) is 1. The highest BCUT2D eigenvalue weighted by atomic mass is 16.5. The van der Waals surface area contributed by atoms with E-state index in [1.807, 2.05) is 25.4 Å². The lowest BCUT2D eigenvalue weighted by atomic mass is 9.83. The number of hydrogen-bond acceptors (Lipinski definition) is 3. The maximum Gasteiger partial charge on any atom is 0.212 e. The van der Waals surface area contributed by atoms with Gasteiger partial charge in [-0.1, -0.05) is 25.8 Å². The lowest BCUT2D eigenvalue weighted by Crippen LogP contribution is -2.42. The van der Waals surface area contributed by atoms with E-state index in [-0.39, 0.29) is 0 Å². The Morgan fingerprint density at radius 1 is 1.32 bits per heavy atom. The van der Waals surface area contributed by atoms with E-state index in [4.69, 9.17) is 4.74 Å². The molecular formula is C17H28N4O. The van der Waals surface area contributed by atoms with Crippen molar-refractivity contribution in [2.75, 3.05) is 20.7 Å². The molecule has 0 amide bonds. The van der Waals surface area contributed by atoms with E-state index in [1.54, 1.807) is 7.11 Å². The molecule has 5 nitrogen and oxygen atoms in total. The zero-order chi connectivity index (χ0) is 15.8. The molecule has 0 radical (unpaired) electrons. The van der Waals surface area contributed by atoms with Crippen LogP contribution in [-0.4, -0.2) is 31.6 Å². The molecule has 0 bridgehead atoms. The van der Waals surface area contributed by atoms with E-state index in [0.717, 1.165) is 18.1 Å². The molecule has 1 aromatic rings. The van der Waals surface area contributed by atoms with Crippen molar-refractivity contribution in [3.05, 3.63) is 23.9 Å². The van der Waals surface area contributed by atoms with Crippen LogP contribution in [0.4, 0.5) is 0 Å². The number of rotatable bonds is 6. The summed E-state index contributed by atoms with van der Waals surface area (Å²) in [4.78, 5) is 8.52. The first-order valence-electron chi connectivity index (χ1n) is 8.15. The summed E-state index contributed by atoms with van der Waals surface area (Å²) in [5.74, 6) is 1.49. The Kier molecular flexibility index (Phi) is 6.04. The lowest BCUT2D eigenvalue weighted by Gasteiger charge is -2.28. The number of aromatic nitrogens is 1. The number of nitrogens with one attached hydrogen (secondary N) is 2. The van der Waals surface area contributed by atoms with Gasteiger partial charge < -0.3 is 15.4 Å². The zero-order valence-corrected chi connectivity index (χ0v) is 14.0. The molecule has 5 heteroatoms. The molecule has 0 aliphatic heterocycles. The SMILES string of the molecule is CCC1(CNC(=NC)NCc2ccc(OC)nc2)CCCC1. The van der Waals surface area contributed by atoms with Crippen LogP contribution >= 0.6 is 0 Å². The van der Waals surface area contributed by atoms with Crippen LogP contribution in [0.3, 0.4) is 0 Å². The van der Waals surface area contributed by atoms with Gasteiger partial charge in [-0.25, -0.2) is 4.98 Å². The Labute approximate surface area is 133 Å². The van der Waals surface area contributed by atoms with Gasteiger partial charge in [0.05, 0.1) is 7.11 Å². The molecule has 0 unspecified atom stereocenters. The van der Waals surface area contributed by atoms with Gasteiger partial charge in [-0.15, -0.1) is 0 Å². The van der Waals surface area contributed by atoms with E-state index in [9.17, 15) is 0 Å². The molecule has 122 valence electrons. The predicted molar refractivity (Wildman–Crippen MR) is 90.2 cm³/mol. The van der Waals surface area contributed by atoms with Gasteiger partial charge in [0.25, 0.3) is 0 Å². The van der Waals surface area contributed by atoms with Gasteiger partial charge in [-0.3, -0.25) is 4.99 Å². The first-order chi connectivity index (χ1) is 10.7. The van der Waals surface area contributed by atoms with Gasteiger partial charge in [0, 0.05) is 32.4 Å². The molecule has 1 aromatic heterocycles. The Balaban J connectivity index is 1.81. The van der Waals surface area contributed by atoms with Crippen molar-refractivity contribution >= 4 is 5.96 Å². The fourth-order valence-electron chi connectivity index (χ4n) is 3.09. The van der Waals surface area contributed by atoms with Crippen LogP contribution in [-0.2, 0) is 6.54 Å². The quantitative estimate of drug-likeness (QED) is 0.627. The Bertz CT molecular complexity index is 478. The number of nitrogens with zero attached hydrogens (tertiary/aromatic N) is 2. The van der Waals surface area contributed by atoms with Crippen molar-refractivity contribution in [2.45, 2.75) is 45.6 Å². The van der Waals surface area contributed by atoms with Gasteiger partial charge in [0.15, 0.2) is 5.96 Å². The van der Waals surface area contributed by atoms with Gasteiger partial charge >= 0.3 is 0 Å². The third-order valence-corrected chi connectivity index (χ3v) is 4.74. The summed E-state index contributed by atoms with van der Waals surface area (Å²) in [7, 11) is 3.44. The minimum Gasteiger partial charge on any atom is -0.481 e. The van der Waals surface area contributed by atoms with Gasteiger partial charge in [-0.05, 0) is 30.2 Å². The topological polar surface area (TPSA) is 58.5 Å². The first kappa shape index (κ1) is 16.6. The summed E-state index contributed by atoms with van der Waals surface area (Å²) in [6.45, 7) is 4.01. The van der Waals surface area contributed by atoms with Crippen molar-refractivity contribution < 1.29 is 4.74 Å². The highest BCUT2D eigenvalue weighted by molar-refractivity contribution is 5.79. The number of methoxy groups -OCH3 is 1. The van der Waals surface area contributed by atoms with Crippen LogP contribution in [0.1, 0.15) is 44.6 Å². The summed E-state index contributed by atoms with van der Waals surface area (Å²) in [6.07, 6.45) is 8.44. The van der Waals surface area contributed by atoms with E-state index < -0.39 is 0 Å². The van der Waals surface area contributed by atoms with Gasteiger partial charge in [0.1, 0.15) is 0 Å². The average molecular weight is 304 g/mol. The number of hydrogen-bond donors (Lipinski definition) is 2. The molecule has 1 fully saturated rings. The van der Waals surface area contributed by atoms with Crippen molar-refractivity contribution in [3.63, 3.8) is 0 Å². The van der Waals surface area contributed by atoms with Crippen LogP contribution in [0.25, 0.3) is 0 Å². The molecule has 2 rings (SSSR count). The summed E-state index contributed by atoms with van der Waals surface area (Å²) in [5, 5.41) is 6.84. The Hall–Kier alpha value is -1.78. The van der Waals surface area contributed by atoms with Crippen molar-refractivity contribution in [3.8, 4) is 5.88 Å². The second-order valence-electron chi connectivity index (χ2n) is 6.05. The Morgan fingerprint density at radius 3 is 2.64 bits per heavy atom. The van der Waals surface area contributed by atoms with Crippen LogP contribution in [0.2, 0.25) is 0 Å². The standard InChI is InChI=1S/C17H28N4O/c1-4-17(9-5-6-10-17)13-21-16(18-2)20-12-14-7-8-15(22-3)19-11-14/h7-8,11H,4-6,9-10,12-13H2,1-3H3,(H2,18,20,21). The summed E-state index contributed by atoms with van der Waals surface area (Å²) >= 11 is 0. The van der Waals surface area contributed by atoms with Gasteiger partial charge in [0.2, 0.25) is 5.88 Å². The largest absolute Gasteiger partial charge is 0.481 e. The van der Waals surface area contributed by atoms with E-state index in [1.165, 1.54) is 32.1 Å². The van der Waals surface area contributed by atoms with Crippen molar-refractivity contribution in [1.29, 1.82) is 0 Å². The molecule has 0 atom stereocenters. The maximum atomic E-state index is 5.07. The highest BCUT2D eigenvalue weighted by Crippen LogP contribution is 2.40. The Morgan fingerprint density at radius 2 is 2.09 bits per heavy atom. The molecule has 1 aliphatic carbocycles. The number of guanidine groups is 1. The number of aliphatic imine (C=N–C) groups is 1. The van der Waals surface area contributed by atoms with Crippen molar-refractivity contribution in [1.82, 2.24) is 15.6 Å². The van der Waals surface area contributed by atoms with E-state index in [0.29, 0.717) is 17.8 Å². The number of pyridine rings is 1. The predicted octanol–water partition coefficient (Wildman–Crippen LogP) is 2.73. The second-order valence-corrected chi connectivity index (χ2v) is 6.05.